The Balaban J connectivity index is 1.65. The first-order chi connectivity index (χ1) is 15.8. The average molecular weight is 466 g/mol. The van der Waals surface area contributed by atoms with Gasteiger partial charge in [-0.05, 0) is 25.7 Å². The third kappa shape index (κ3) is 6.42. The molecule has 11 nitrogen and oxygen atoms in total. The molecule has 2 atom stereocenters. The molecule has 2 fully saturated rings. The van der Waals surface area contributed by atoms with Crippen molar-refractivity contribution in [2.24, 2.45) is 22.7 Å². The standard InChI is InChI=1S/C21H32FN7O4/c1-29(2)21(31)12-3-5-14(6-4-12)33-16-7-8-24-11-15(16)27-20(30)17(18(23)28-32)19-25-9-13(22)10-26-19/h7-8,11-14,17-19,25-26H,3-6,9-10,23H2,1-2H3,(H,27,30). The molecule has 5 N–H and O–H groups in total. The highest BCUT2D eigenvalue weighted by Crippen LogP contribution is 2.32. The second kappa shape index (κ2) is 11.4. The van der Waals surface area contributed by atoms with Gasteiger partial charge in [0.15, 0.2) is 6.17 Å². The maximum atomic E-state index is 13.4. The van der Waals surface area contributed by atoms with Crippen LogP contribution >= 0.6 is 0 Å². The fourth-order valence-corrected chi connectivity index (χ4v) is 4.24. The predicted octanol–water partition coefficient (Wildman–Crippen LogP) is 0.570. The number of halogens is 1. The van der Waals surface area contributed by atoms with Crippen molar-refractivity contribution in [3.05, 3.63) is 23.4 Å². The molecular weight excluding hydrogens is 433 g/mol. The van der Waals surface area contributed by atoms with Gasteiger partial charge in [0.25, 0.3) is 0 Å². The SMILES string of the molecule is CN(C)C(=O)C1CCC(Oc2ccncc2NC(=O)C(C(N)N=O)C2NCC(F)CN2)CC1. The fourth-order valence-electron chi connectivity index (χ4n) is 4.24. The van der Waals surface area contributed by atoms with Crippen LogP contribution in [0.25, 0.3) is 0 Å². The van der Waals surface area contributed by atoms with Crippen molar-refractivity contribution in [3.8, 4) is 5.75 Å². The molecule has 0 radical (unpaired) electrons. The summed E-state index contributed by atoms with van der Waals surface area (Å²) in [6.07, 6.45) is 2.62. The number of nitrogens with zero attached hydrogens (tertiary/aromatic N) is 3. The lowest BCUT2D eigenvalue weighted by Gasteiger charge is -2.34. The smallest absolute Gasteiger partial charge is 0.234 e. The van der Waals surface area contributed by atoms with Gasteiger partial charge in [0.1, 0.15) is 23.5 Å². The minimum Gasteiger partial charge on any atom is -0.488 e. The molecule has 3 rings (SSSR count). The number of carbonyl (C=O) groups is 2. The number of nitrogens with one attached hydrogen (secondary N) is 3. The van der Waals surface area contributed by atoms with Gasteiger partial charge in [-0.1, -0.05) is 5.18 Å². The Bertz CT molecular complexity index is 827. The van der Waals surface area contributed by atoms with Crippen LogP contribution in [0.4, 0.5) is 10.1 Å². The van der Waals surface area contributed by atoms with Gasteiger partial charge >= 0.3 is 0 Å². The summed E-state index contributed by atoms with van der Waals surface area (Å²) in [6, 6.07) is 1.64. The fraction of sp³-hybridized carbons (Fsp3) is 0.667. The van der Waals surface area contributed by atoms with Gasteiger partial charge in [0.05, 0.1) is 18.5 Å². The normalized spacial score (nSPS) is 27.2. The molecule has 1 saturated carbocycles. The second-order valence-corrected chi connectivity index (χ2v) is 8.70. The number of nitroso groups, excluding NO2 is 1. The van der Waals surface area contributed by atoms with Gasteiger partial charge in [0.2, 0.25) is 11.8 Å². The van der Waals surface area contributed by atoms with E-state index in [1.54, 1.807) is 31.3 Å². The van der Waals surface area contributed by atoms with Crippen molar-refractivity contribution in [2.45, 2.75) is 50.3 Å². The molecule has 1 aliphatic carbocycles. The maximum absolute atomic E-state index is 13.4. The summed E-state index contributed by atoms with van der Waals surface area (Å²) < 4.78 is 19.6. The highest BCUT2D eigenvalue weighted by molar-refractivity contribution is 5.94. The largest absolute Gasteiger partial charge is 0.488 e. The third-order valence-corrected chi connectivity index (χ3v) is 6.07. The van der Waals surface area contributed by atoms with Crippen molar-refractivity contribution < 1.29 is 18.7 Å². The van der Waals surface area contributed by atoms with E-state index in [2.05, 4.69) is 26.1 Å². The molecule has 2 unspecified atom stereocenters. The number of rotatable bonds is 8. The number of alkyl halides is 1. The minimum absolute atomic E-state index is 0.00559. The molecule has 182 valence electrons. The van der Waals surface area contributed by atoms with Crippen LogP contribution in [0.15, 0.2) is 23.6 Å². The lowest BCUT2D eigenvalue weighted by atomic mass is 9.86. The number of hydrogen-bond acceptors (Lipinski definition) is 9. The number of amides is 2. The van der Waals surface area contributed by atoms with E-state index in [1.165, 1.54) is 6.20 Å². The van der Waals surface area contributed by atoms with Crippen LogP contribution in [0.5, 0.6) is 5.75 Å². The Hall–Kier alpha value is -2.70. The number of pyridine rings is 1. The van der Waals surface area contributed by atoms with Crippen molar-refractivity contribution in [2.75, 3.05) is 32.5 Å². The Morgan fingerprint density at radius 2 is 1.94 bits per heavy atom. The van der Waals surface area contributed by atoms with Crippen LogP contribution in [0.3, 0.4) is 0 Å². The summed E-state index contributed by atoms with van der Waals surface area (Å²) in [6.45, 7) is 0.0700. The first-order valence-electron chi connectivity index (χ1n) is 11.1. The first kappa shape index (κ1) is 24.9. The Kier molecular flexibility index (Phi) is 8.64. The van der Waals surface area contributed by atoms with Crippen molar-refractivity contribution >= 4 is 17.5 Å². The van der Waals surface area contributed by atoms with Gasteiger partial charge in [-0.15, -0.1) is 4.91 Å². The molecule has 1 saturated heterocycles. The van der Waals surface area contributed by atoms with E-state index in [4.69, 9.17) is 10.5 Å². The zero-order valence-electron chi connectivity index (χ0n) is 18.9. The van der Waals surface area contributed by atoms with Crippen LogP contribution < -0.4 is 26.4 Å². The molecule has 0 bridgehead atoms. The average Bonchev–Trinajstić information content (AvgIpc) is 2.81. The van der Waals surface area contributed by atoms with Gasteiger partial charge < -0.3 is 20.7 Å². The number of aromatic nitrogens is 1. The molecule has 2 amide bonds. The molecule has 0 aromatic carbocycles. The van der Waals surface area contributed by atoms with E-state index < -0.39 is 30.3 Å². The topological polar surface area (TPSA) is 151 Å². The van der Waals surface area contributed by atoms with Crippen molar-refractivity contribution in [3.63, 3.8) is 0 Å². The molecule has 2 aliphatic rings. The van der Waals surface area contributed by atoms with Crippen LogP contribution in [0, 0.1) is 16.7 Å². The van der Waals surface area contributed by atoms with E-state index in [0.29, 0.717) is 24.3 Å². The molecular formula is C21H32FN7O4. The number of carbonyl (C=O) groups excluding carboxylic acids is 2. The van der Waals surface area contributed by atoms with Crippen molar-refractivity contribution in [1.82, 2.24) is 20.5 Å². The Labute approximate surface area is 192 Å². The Morgan fingerprint density at radius 3 is 2.55 bits per heavy atom. The van der Waals surface area contributed by atoms with E-state index in [0.717, 1.165) is 12.8 Å². The number of hydrogen-bond donors (Lipinski definition) is 4. The number of nitrogens with two attached hydrogens (primary N) is 1. The van der Waals surface area contributed by atoms with E-state index >= 15 is 0 Å². The highest BCUT2D eigenvalue weighted by atomic mass is 19.1. The summed E-state index contributed by atoms with van der Waals surface area (Å²) in [7, 11) is 3.51. The molecule has 1 aromatic rings. The van der Waals surface area contributed by atoms with Gasteiger partial charge in [-0.2, -0.15) is 0 Å². The van der Waals surface area contributed by atoms with Crippen molar-refractivity contribution in [1.29, 1.82) is 0 Å². The molecule has 12 heteroatoms. The lowest BCUT2D eigenvalue weighted by Crippen LogP contribution is -2.62. The van der Waals surface area contributed by atoms with Gasteiger partial charge in [0, 0.05) is 45.4 Å². The molecule has 33 heavy (non-hydrogen) atoms. The zero-order valence-corrected chi connectivity index (χ0v) is 18.9. The van der Waals surface area contributed by atoms with Crippen LogP contribution in [-0.4, -0.2) is 73.5 Å². The molecule has 2 heterocycles. The lowest BCUT2D eigenvalue weighted by molar-refractivity contribution is -0.134. The minimum atomic E-state index is -1.34. The number of ether oxygens (including phenoxy) is 1. The summed E-state index contributed by atoms with van der Waals surface area (Å²) in [5.74, 6) is -1.09. The molecule has 1 aromatic heterocycles. The van der Waals surface area contributed by atoms with Gasteiger partial charge in [-0.3, -0.25) is 25.2 Å². The summed E-state index contributed by atoms with van der Waals surface area (Å²) in [4.78, 5) is 42.0. The first-order valence-corrected chi connectivity index (χ1v) is 11.1. The van der Waals surface area contributed by atoms with E-state index in [1.807, 2.05) is 0 Å². The second-order valence-electron chi connectivity index (χ2n) is 8.70. The van der Waals surface area contributed by atoms with Crippen LogP contribution in [-0.2, 0) is 9.59 Å². The van der Waals surface area contributed by atoms with E-state index in [9.17, 15) is 18.9 Å². The summed E-state index contributed by atoms with van der Waals surface area (Å²) in [5.41, 5.74) is 6.12. The molecule has 0 spiro atoms. The quantitative estimate of drug-likeness (QED) is 0.407. The highest BCUT2D eigenvalue weighted by Gasteiger charge is 2.37. The summed E-state index contributed by atoms with van der Waals surface area (Å²) in [5, 5.41) is 11.2. The van der Waals surface area contributed by atoms with Gasteiger partial charge in [-0.25, -0.2) is 4.39 Å². The van der Waals surface area contributed by atoms with E-state index in [-0.39, 0.29) is 31.0 Å². The van der Waals surface area contributed by atoms with Crippen LogP contribution in [0.1, 0.15) is 25.7 Å². The maximum Gasteiger partial charge on any atom is 0.234 e. The molecule has 1 aliphatic heterocycles. The predicted molar refractivity (Wildman–Crippen MR) is 120 cm³/mol. The van der Waals surface area contributed by atoms with Crippen LogP contribution in [0.2, 0.25) is 0 Å². The monoisotopic (exact) mass is 465 g/mol. The Morgan fingerprint density at radius 1 is 1.27 bits per heavy atom. The third-order valence-electron chi connectivity index (χ3n) is 6.07. The number of anilines is 1. The summed E-state index contributed by atoms with van der Waals surface area (Å²) >= 11 is 0. The zero-order chi connectivity index (χ0) is 24.0.